The maximum Gasteiger partial charge on any atom is 0.200 e. The number of carbonyl (C=O) groups is 1. The van der Waals surface area contributed by atoms with Crippen molar-refractivity contribution in [2.45, 2.75) is 36.9 Å². The van der Waals surface area contributed by atoms with Crippen molar-refractivity contribution in [3.8, 4) is 11.1 Å². The number of rotatable bonds is 8. The third kappa shape index (κ3) is 4.82. The SMILES string of the molecule is CC1(C)O[C@H]2C=C(c3ccc(-c4ccccc4)cc3)C(=O)[C@@]2(COC(c2ccccc2)(c2ccccc2)c2ccccc2)O1. The second kappa shape index (κ2) is 11.1. The van der Waals surface area contributed by atoms with Crippen molar-refractivity contribution in [3.63, 3.8) is 0 Å². The molecule has 1 saturated heterocycles. The molecule has 44 heavy (non-hydrogen) atoms. The summed E-state index contributed by atoms with van der Waals surface area (Å²) in [6.45, 7) is 3.68. The van der Waals surface area contributed by atoms with Crippen molar-refractivity contribution in [2.24, 2.45) is 0 Å². The first-order valence-corrected chi connectivity index (χ1v) is 15.0. The molecule has 218 valence electrons. The first kappa shape index (κ1) is 28.2. The predicted molar refractivity (Wildman–Crippen MR) is 173 cm³/mol. The van der Waals surface area contributed by atoms with Crippen LogP contribution in [-0.2, 0) is 24.6 Å². The molecule has 1 aliphatic carbocycles. The molecule has 1 heterocycles. The van der Waals surface area contributed by atoms with Gasteiger partial charge in [0.15, 0.2) is 11.4 Å². The lowest BCUT2D eigenvalue weighted by Crippen LogP contribution is -2.50. The van der Waals surface area contributed by atoms with Crippen molar-refractivity contribution in [1.29, 1.82) is 0 Å². The van der Waals surface area contributed by atoms with Crippen LogP contribution >= 0.6 is 0 Å². The van der Waals surface area contributed by atoms with E-state index in [1.807, 2.05) is 117 Å². The lowest BCUT2D eigenvalue weighted by Gasteiger charge is -2.39. The van der Waals surface area contributed by atoms with Crippen molar-refractivity contribution < 1.29 is 19.0 Å². The van der Waals surface area contributed by atoms with Crippen LogP contribution in [0.4, 0.5) is 0 Å². The first-order valence-electron chi connectivity index (χ1n) is 15.0. The molecule has 5 aromatic rings. The van der Waals surface area contributed by atoms with E-state index in [0.717, 1.165) is 33.4 Å². The average molecular weight is 579 g/mol. The maximum absolute atomic E-state index is 14.5. The molecular formula is C40H34O4. The monoisotopic (exact) mass is 578 g/mol. The van der Waals surface area contributed by atoms with Crippen LogP contribution in [0.5, 0.6) is 0 Å². The Morgan fingerprint density at radius 1 is 0.614 bits per heavy atom. The third-order valence-electron chi connectivity index (χ3n) is 8.59. The molecule has 0 amide bonds. The van der Waals surface area contributed by atoms with Gasteiger partial charge in [0.25, 0.3) is 0 Å². The van der Waals surface area contributed by atoms with Crippen molar-refractivity contribution in [2.75, 3.05) is 6.61 Å². The van der Waals surface area contributed by atoms with Crippen LogP contribution < -0.4 is 0 Å². The van der Waals surface area contributed by atoms with E-state index in [0.29, 0.717) is 5.57 Å². The summed E-state index contributed by atoms with van der Waals surface area (Å²) in [5.41, 5.74) is 4.15. The molecule has 0 spiro atoms. The standard InChI is InChI=1S/C40H34O4/c1-38(2)43-36-27-35(31-25-23-30(24-26-31)29-15-7-3-8-16-29)37(41)39(36,44-38)28-42-40(32-17-9-4-10-18-32,33-19-11-5-12-20-33)34-21-13-6-14-22-34/h3-27,36H,28H2,1-2H3/t36-,39-/m0/s1. The van der Waals surface area contributed by atoms with Crippen molar-refractivity contribution >= 4 is 11.4 Å². The lowest BCUT2D eigenvalue weighted by molar-refractivity contribution is -0.184. The van der Waals surface area contributed by atoms with Crippen LogP contribution in [0.25, 0.3) is 16.7 Å². The zero-order valence-electron chi connectivity index (χ0n) is 24.9. The molecule has 2 atom stereocenters. The molecule has 0 radical (unpaired) electrons. The van der Waals surface area contributed by atoms with E-state index in [1.54, 1.807) is 0 Å². The third-order valence-corrected chi connectivity index (χ3v) is 8.59. The Hall–Kier alpha value is -4.61. The van der Waals surface area contributed by atoms with E-state index in [9.17, 15) is 4.79 Å². The Bertz CT molecular complexity index is 1680. The van der Waals surface area contributed by atoms with Gasteiger partial charge in [-0.05, 0) is 53.3 Å². The summed E-state index contributed by atoms with van der Waals surface area (Å²) in [4.78, 5) is 14.5. The van der Waals surface area contributed by atoms with Gasteiger partial charge < -0.3 is 14.2 Å². The van der Waals surface area contributed by atoms with E-state index in [1.165, 1.54) is 0 Å². The predicted octanol–water partition coefficient (Wildman–Crippen LogP) is 8.22. The molecule has 1 aliphatic heterocycles. The Morgan fingerprint density at radius 3 is 1.55 bits per heavy atom. The van der Waals surface area contributed by atoms with Crippen LogP contribution in [0.15, 0.2) is 152 Å². The Kier molecular flexibility index (Phi) is 7.14. The molecule has 0 aromatic heterocycles. The summed E-state index contributed by atoms with van der Waals surface area (Å²) in [6, 6.07) is 48.8. The van der Waals surface area contributed by atoms with Crippen LogP contribution in [0, 0.1) is 0 Å². The van der Waals surface area contributed by atoms with Gasteiger partial charge >= 0.3 is 0 Å². The largest absolute Gasteiger partial charge is 0.357 e. The Labute approximate surface area is 258 Å². The van der Waals surface area contributed by atoms with Gasteiger partial charge in [-0.15, -0.1) is 0 Å². The summed E-state index contributed by atoms with van der Waals surface area (Å²) >= 11 is 0. The minimum absolute atomic E-state index is 0.0132. The number of hydrogen-bond acceptors (Lipinski definition) is 4. The summed E-state index contributed by atoms with van der Waals surface area (Å²) in [6.07, 6.45) is 1.31. The van der Waals surface area contributed by atoms with Crippen molar-refractivity contribution in [1.82, 2.24) is 0 Å². The molecule has 5 aromatic carbocycles. The molecule has 0 bridgehead atoms. The maximum atomic E-state index is 14.5. The highest BCUT2D eigenvalue weighted by Crippen LogP contribution is 2.49. The topological polar surface area (TPSA) is 44.8 Å². The Balaban J connectivity index is 1.29. The summed E-state index contributed by atoms with van der Waals surface area (Å²) in [5, 5.41) is 0. The van der Waals surface area contributed by atoms with Gasteiger partial charge in [0.05, 0.1) is 6.61 Å². The normalized spacial score (nSPS) is 20.7. The van der Waals surface area contributed by atoms with E-state index in [2.05, 4.69) is 48.5 Å². The van der Waals surface area contributed by atoms with Gasteiger partial charge in [0, 0.05) is 5.57 Å². The smallest absolute Gasteiger partial charge is 0.200 e. The minimum atomic E-state index is -1.35. The summed E-state index contributed by atoms with van der Waals surface area (Å²) in [5.74, 6) is -1.10. The van der Waals surface area contributed by atoms with Gasteiger partial charge in [-0.3, -0.25) is 4.79 Å². The number of ketones is 1. The van der Waals surface area contributed by atoms with E-state index < -0.39 is 23.1 Å². The number of Topliss-reactive ketones (excluding diaryl/α,β-unsaturated/α-hetero) is 1. The van der Waals surface area contributed by atoms with E-state index in [-0.39, 0.29) is 12.4 Å². The van der Waals surface area contributed by atoms with Gasteiger partial charge in [-0.1, -0.05) is 146 Å². The molecule has 4 heteroatoms. The second-order valence-electron chi connectivity index (χ2n) is 11.9. The fourth-order valence-electron chi connectivity index (χ4n) is 6.58. The van der Waals surface area contributed by atoms with Gasteiger partial charge in [0.1, 0.15) is 11.7 Å². The van der Waals surface area contributed by atoms with E-state index in [4.69, 9.17) is 14.2 Å². The van der Waals surface area contributed by atoms with Gasteiger partial charge in [-0.2, -0.15) is 0 Å². The van der Waals surface area contributed by atoms with Crippen LogP contribution in [-0.4, -0.2) is 29.9 Å². The quantitative estimate of drug-likeness (QED) is 0.174. The van der Waals surface area contributed by atoms with Crippen LogP contribution in [0.3, 0.4) is 0 Å². The summed E-state index contributed by atoms with van der Waals surface area (Å²) in [7, 11) is 0. The molecule has 2 aliphatic rings. The number of benzene rings is 5. The molecule has 0 saturated carbocycles. The molecular weight excluding hydrogens is 544 g/mol. The van der Waals surface area contributed by atoms with Crippen LogP contribution in [0.1, 0.15) is 36.1 Å². The molecule has 4 nitrogen and oxygen atoms in total. The van der Waals surface area contributed by atoms with Crippen molar-refractivity contribution in [3.05, 3.63) is 174 Å². The molecule has 1 fully saturated rings. The van der Waals surface area contributed by atoms with Gasteiger partial charge in [-0.25, -0.2) is 0 Å². The van der Waals surface area contributed by atoms with Crippen LogP contribution in [0.2, 0.25) is 0 Å². The average Bonchev–Trinajstić information content (AvgIpc) is 3.49. The zero-order chi connectivity index (χ0) is 30.2. The fourth-order valence-corrected chi connectivity index (χ4v) is 6.58. The number of hydrogen-bond donors (Lipinski definition) is 0. The molecule has 0 unspecified atom stereocenters. The molecule has 7 rings (SSSR count). The summed E-state index contributed by atoms with van der Waals surface area (Å²) < 4.78 is 20.1. The highest BCUT2D eigenvalue weighted by molar-refractivity contribution is 6.27. The second-order valence-corrected chi connectivity index (χ2v) is 11.9. The number of fused-ring (bicyclic) bond motifs is 1. The molecule has 0 N–H and O–H groups in total. The highest BCUT2D eigenvalue weighted by Gasteiger charge is 2.62. The Morgan fingerprint density at radius 2 is 1.05 bits per heavy atom. The van der Waals surface area contributed by atoms with Gasteiger partial charge in [0.2, 0.25) is 5.78 Å². The highest BCUT2D eigenvalue weighted by atomic mass is 16.8. The zero-order valence-corrected chi connectivity index (χ0v) is 24.9. The van der Waals surface area contributed by atoms with E-state index >= 15 is 0 Å². The number of carbonyl (C=O) groups excluding carboxylic acids is 1. The first-order chi connectivity index (χ1) is 21.4. The number of ether oxygens (including phenoxy) is 3. The fraction of sp³-hybridized carbons (Fsp3) is 0.175. The lowest BCUT2D eigenvalue weighted by atomic mass is 9.79. The minimum Gasteiger partial charge on any atom is -0.357 e.